The minimum Gasteiger partial charge on any atom is -0.490 e. The van der Waals surface area contributed by atoms with E-state index in [1.807, 2.05) is 24.3 Å². The molecule has 1 N–H and O–H groups in total. The van der Waals surface area contributed by atoms with Gasteiger partial charge in [0.1, 0.15) is 5.82 Å². The van der Waals surface area contributed by atoms with Crippen molar-refractivity contribution in [1.82, 2.24) is 10.4 Å². The zero-order valence-corrected chi connectivity index (χ0v) is 20.2. The summed E-state index contributed by atoms with van der Waals surface area (Å²) in [5.41, 5.74) is 4.25. The molecule has 0 spiro atoms. The second-order valence-electron chi connectivity index (χ2n) is 7.06. The van der Waals surface area contributed by atoms with Gasteiger partial charge in [-0.3, -0.25) is 4.79 Å². The Labute approximate surface area is 209 Å². The molecule has 1 heterocycles. The van der Waals surface area contributed by atoms with Gasteiger partial charge in [0, 0.05) is 0 Å². The summed E-state index contributed by atoms with van der Waals surface area (Å²) >= 11 is 2.89. The van der Waals surface area contributed by atoms with E-state index >= 15 is 0 Å². The summed E-state index contributed by atoms with van der Waals surface area (Å²) in [4.78, 5) is 29.0. The van der Waals surface area contributed by atoms with Gasteiger partial charge in [-0.15, -0.1) is 11.3 Å². The number of carbonyl (C=O) groups is 2. The number of aromatic nitrogens is 1. The fraction of sp³-hybridized carbons (Fsp3) is 0.120. The average molecular weight is 510 g/mol. The Balaban J connectivity index is 1.34. The van der Waals surface area contributed by atoms with Gasteiger partial charge in [0.25, 0.3) is 5.91 Å². The van der Waals surface area contributed by atoms with Crippen molar-refractivity contribution in [2.45, 2.75) is 11.3 Å². The SMILES string of the molecule is CCOc1cc(/C=N\NC(=O)CSc2nc3ccccc3s2)ccc1OC(=O)c1ccc(F)cc1. The lowest BCUT2D eigenvalue weighted by atomic mass is 10.2. The predicted octanol–water partition coefficient (Wildman–Crippen LogP) is 5.30. The number of esters is 1. The summed E-state index contributed by atoms with van der Waals surface area (Å²) in [6.45, 7) is 2.15. The van der Waals surface area contributed by atoms with Crippen LogP contribution in [0.1, 0.15) is 22.8 Å². The molecule has 7 nitrogen and oxygen atoms in total. The number of rotatable bonds is 9. The molecule has 0 aliphatic carbocycles. The van der Waals surface area contributed by atoms with Crippen molar-refractivity contribution in [3.05, 3.63) is 83.7 Å². The van der Waals surface area contributed by atoms with E-state index in [0.717, 1.165) is 14.6 Å². The van der Waals surface area contributed by atoms with Crippen LogP contribution in [0.4, 0.5) is 4.39 Å². The van der Waals surface area contributed by atoms with E-state index in [-0.39, 0.29) is 23.0 Å². The minimum atomic E-state index is -0.634. The number of nitrogens with zero attached hydrogens (tertiary/aromatic N) is 2. The van der Waals surface area contributed by atoms with E-state index in [1.54, 1.807) is 25.1 Å². The van der Waals surface area contributed by atoms with Gasteiger partial charge in [-0.25, -0.2) is 19.6 Å². The number of hydrogen-bond acceptors (Lipinski definition) is 8. The van der Waals surface area contributed by atoms with Crippen molar-refractivity contribution in [2.24, 2.45) is 5.10 Å². The van der Waals surface area contributed by atoms with Crippen LogP contribution in [0.5, 0.6) is 11.5 Å². The van der Waals surface area contributed by atoms with Gasteiger partial charge in [0.2, 0.25) is 0 Å². The Morgan fingerprint density at radius 3 is 2.69 bits per heavy atom. The predicted molar refractivity (Wildman–Crippen MR) is 135 cm³/mol. The highest BCUT2D eigenvalue weighted by Gasteiger charge is 2.13. The van der Waals surface area contributed by atoms with E-state index in [0.29, 0.717) is 17.9 Å². The lowest BCUT2D eigenvalue weighted by molar-refractivity contribution is -0.118. The molecular weight excluding hydrogens is 489 g/mol. The molecule has 0 radical (unpaired) electrons. The van der Waals surface area contributed by atoms with Crippen LogP contribution < -0.4 is 14.9 Å². The average Bonchev–Trinajstić information content (AvgIpc) is 3.28. The maximum absolute atomic E-state index is 13.1. The molecule has 0 unspecified atom stereocenters. The Morgan fingerprint density at radius 2 is 1.91 bits per heavy atom. The molecule has 10 heteroatoms. The van der Waals surface area contributed by atoms with Crippen LogP contribution in [0.3, 0.4) is 0 Å². The molecule has 0 aliphatic heterocycles. The fourth-order valence-electron chi connectivity index (χ4n) is 2.95. The van der Waals surface area contributed by atoms with Gasteiger partial charge in [-0.05, 0) is 67.1 Å². The molecule has 1 amide bonds. The van der Waals surface area contributed by atoms with Crippen LogP contribution in [0, 0.1) is 5.82 Å². The van der Waals surface area contributed by atoms with Gasteiger partial charge in [-0.2, -0.15) is 5.10 Å². The number of nitrogens with one attached hydrogen (secondary N) is 1. The summed E-state index contributed by atoms with van der Waals surface area (Å²) in [7, 11) is 0. The Morgan fingerprint density at radius 1 is 1.11 bits per heavy atom. The van der Waals surface area contributed by atoms with Crippen molar-refractivity contribution < 1.29 is 23.5 Å². The number of fused-ring (bicyclic) bond motifs is 1. The Kier molecular flexibility index (Phi) is 8.07. The largest absolute Gasteiger partial charge is 0.490 e. The molecule has 0 bridgehead atoms. The number of thiazole rings is 1. The maximum Gasteiger partial charge on any atom is 0.343 e. The van der Waals surface area contributed by atoms with Crippen molar-refractivity contribution in [2.75, 3.05) is 12.4 Å². The van der Waals surface area contributed by atoms with Gasteiger partial charge in [-0.1, -0.05) is 23.9 Å². The van der Waals surface area contributed by atoms with Gasteiger partial charge >= 0.3 is 5.97 Å². The number of hydrazone groups is 1. The Bertz CT molecular complexity index is 1340. The van der Waals surface area contributed by atoms with Crippen LogP contribution in [0.2, 0.25) is 0 Å². The number of halogens is 1. The van der Waals surface area contributed by atoms with E-state index in [2.05, 4.69) is 15.5 Å². The molecule has 178 valence electrons. The maximum atomic E-state index is 13.1. The molecule has 0 fully saturated rings. The van der Waals surface area contributed by atoms with Crippen LogP contribution >= 0.6 is 23.1 Å². The molecule has 35 heavy (non-hydrogen) atoms. The molecule has 4 rings (SSSR count). The molecule has 1 aromatic heterocycles. The number of carbonyl (C=O) groups excluding carboxylic acids is 2. The first kappa shape index (κ1) is 24.4. The highest BCUT2D eigenvalue weighted by Crippen LogP contribution is 2.30. The van der Waals surface area contributed by atoms with Crippen LogP contribution in [0.15, 0.2) is 76.2 Å². The number of ether oxygens (including phenoxy) is 2. The monoisotopic (exact) mass is 509 g/mol. The van der Waals surface area contributed by atoms with Gasteiger partial charge in [0.15, 0.2) is 15.8 Å². The molecule has 0 aliphatic rings. The third-order valence-corrected chi connectivity index (χ3v) is 6.73. The number of benzene rings is 3. The van der Waals surface area contributed by atoms with Crippen molar-refractivity contribution in [3.8, 4) is 11.5 Å². The first-order valence-electron chi connectivity index (χ1n) is 10.6. The fourth-order valence-corrected chi connectivity index (χ4v) is 4.81. The summed E-state index contributed by atoms with van der Waals surface area (Å²) in [5, 5.41) is 3.99. The van der Waals surface area contributed by atoms with E-state index in [1.165, 1.54) is 53.6 Å². The normalized spacial score (nSPS) is 11.0. The topological polar surface area (TPSA) is 89.9 Å². The summed E-state index contributed by atoms with van der Waals surface area (Å²) < 4.78 is 26.0. The zero-order chi connectivity index (χ0) is 24.6. The van der Waals surface area contributed by atoms with Crippen LogP contribution in [-0.4, -0.2) is 35.4 Å². The van der Waals surface area contributed by atoms with Gasteiger partial charge < -0.3 is 9.47 Å². The second-order valence-corrected chi connectivity index (χ2v) is 9.32. The summed E-state index contributed by atoms with van der Waals surface area (Å²) in [6.07, 6.45) is 1.47. The molecule has 4 aromatic rings. The first-order chi connectivity index (χ1) is 17.0. The van der Waals surface area contributed by atoms with Crippen molar-refractivity contribution >= 4 is 51.4 Å². The quantitative estimate of drug-likeness (QED) is 0.108. The molecule has 0 saturated carbocycles. The van der Waals surface area contributed by atoms with E-state index in [9.17, 15) is 14.0 Å². The van der Waals surface area contributed by atoms with E-state index in [4.69, 9.17) is 9.47 Å². The number of amides is 1. The number of thioether (sulfide) groups is 1. The third-order valence-electron chi connectivity index (χ3n) is 4.55. The van der Waals surface area contributed by atoms with Crippen molar-refractivity contribution in [1.29, 1.82) is 0 Å². The molecular formula is C25H20FN3O4S2. The lowest BCUT2D eigenvalue weighted by Crippen LogP contribution is -2.19. The number of hydrogen-bond donors (Lipinski definition) is 1. The zero-order valence-electron chi connectivity index (χ0n) is 18.6. The summed E-state index contributed by atoms with van der Waals surface area (Å²) in [5.74, 6) is -0.605. The van der Waals surface area contributed by atoms with Crippen molar-refractivity contribution in [3.63, 3.8) is 0 Å². The highest BCUT2D eigenvalue weighted by molar-refractivity contribution is 8.01. The third kappa shape index (κ3) is 6.65. The smallest absolute Gasteiger partial charge is 0.343 e. The highest BCUT2D eigenvalue weighted by atomic mass is 32.2. The Hall–Kier alpha value is -3.76. The van der Waals surface area contributed by atoms with E-state index < -0.39 is 11.8 Å². The molecule has 3 aromatic carbocycles. The summed E-state index contributed by atoms with van der Waals surface area (Å²) in [6, 6.07) is 17.7. The van der Waals surface area contributed by atoms with Crippen LogP contribution in [-0.2, 0) is 4.79 Å². The lowest BCUT2D eigenvalue weighted by Gasteiger charge is -2.11. The standard InChI is InChI=1S/C25H20FN3O4S2/c1-2-32-21-13-16(7-12-20(21)33-24(31)17-8-10-18(26)11-9-17)14-27-29-23(30)15-34-25-28-19-5-3-4-6-22(19)35-25/h3-14H,2,15H2,1H3,(H,29,30)/b27-14-. The molecule has 0 atom stereocenters. The minimum absolute atomic E-state index is 0.180. The second kappa shape index (κ2) is 11.6. The number of para-hydroxylation sites is 1. The van der Waals surface area contributed by atoms with Crippen LogP contribution in [0.25, 0.3) is 10.2 Å². The van der Waals surface area contributed by atoms with Gasteiger partial charge in [0.05, 0.1) is 34.4 Å². The molecule has 0 saturated heterocycles. The first-order valence-corrected chi connectivity index (χ1v) is 12.4.